The van der Waals surface area contributed by atoms with Gasteiger partial charge in [0, 0.05) is 11.1 Å². The van der Waals surface area contributed by atoms with E-state index in [1.54, 1.807) is 26.0 Å². The molecule has 0 unspecified atom stereocenters. The molecule has 0 aromatic heterocycles. The van der Waals surface area contributed by atoms with Crippen LogP contribution < -0.4 is 0 Å². The number of carboxylic acid groups (broad SMARTS) is 2. The third kappa shape index (κ3) is 5.37. The maximum atomic E-state index is 11.0. The van der Waals surface area contributed by atoms with Gasteiger partial charge in [0.25, 0.3) is 0 Å². The Morgan fingerprint density at radius 3 is 1.48 bits per heavy atom. The third-order valence-electron chi connectivity index (χ3n) is 5.13. The standard InChI is InChI=1S/C27H24O4/c1-17-16-24(22-8-4-20(5-9-22)14-18(2)26(28)29)12-13-25(17)23-10-6-21(7-11-23)15-19(3)27(30)31/h4-16H,1-3H3,(H,28,29)(H,30,31). The van der Waals surface area contributed by atoms with Crippen LogP contribution in [-0.2, 0) is 9.59 Å². The summed E-state index contributed by atoms with van der Waals surface area (Å²) in [6.45, 7) is 5.22. The van der Waals surface area contributed by atoms with E-state index in [1.165, 1.54) is 0 Å². The maximum absolute atomic E-state index is 11.0. The summed E-state index contributed by atoms with van der Waals surface area (Å²) in [7, 11) is 0. The minimum atomic E-state index is -0.920. The van der Waals surface area contributed by atoms with Gasteiger partial charge in [-0.15, -0.1) is 0 Å². The number of rotatable bonds is 6. The zero-order valence-corrected chi connectivity index (χ0v) is 17.7. The Morgan fingerprint density at radius 1 is 0.645 bits per heavy atom. The van der Waals surface area contributed by atoms with Crippen molar-refractivity contribution in [2.75, 3.05) is 0 Å². The molecule has 3 aromatic rings. The van der Waals surface area contributed by atoms with Gasteiger partial charge >= 0.3 is 11.9 Å². The first-order valence-electron chi connectivity index (χ1n) is 9.89. The molecular formula is C27H24O4. The molecule has 0 aliphatic carbocycles. The van der Waals surface area contributed by atoms with Gasteiger partial charge in [0.15, 0.2) is 0 Å². The molecule has 0 aliphatic rings. The lowest BCUT2D eigenvalue weighted by atomic mass is 9.94. The molecular weight excluding hydrogens is 388 g/mol. The molecule has 4 nitrogen and oxygen atoms in total. The van der Waals surface area contributed by atoms with Crippen molar-refractivity contribution < 1.29 is 19.8 Å². The third-order valence-corrected chi connectivity index (χ3v) is 5.13. The molecule has 0 aliphatic heterocycles. The summed E-state index contributed by atoms with van der Waals surface area (Å²) in [5, 5.41) is 18.0. The van der Waals surface area contributed by atoms with Gasteiger partial charge in [-0.1, -0.05) is 66.7 Å². The minimum Gasteiger partial charge on any atom is -0.478 e. The molecule has 156 valence electrons. The molecule has 4 heteroatoms. The highest BCUT2D eigenvalue weighted by Crippen LogP contribution is 2.29. The summed E-state index contributed by atoms with van der Waals surface area (Å²) in [5.74, 6) is -1.84. The van der Waals surface area contributed by atoms with Gasteiger partial charge in [0.1, 0.15) is 0 Å². The highest BCUT2D eigenvalue weighted by atomic mass is 16.4. The zero-order chi connectivity index (χ0) is 22.5. The molecule has 0 spiro atoms. The van der Waals surface area contributed by atoms with Crippen LogP contribution in [0.3, 0.4) is 0 Å². The van der Waals surface area contributed by atoms with Gasteiger partial charge in [0.2, 0.25) is 0 Å². The molecule has 0 saturated heterocycles. The Bertz CT molecular complexity index is 1180. The largest absolute Gasteiger partial charge is 0.478 e. The van der Waals surface area contributed by atoms with Crippen LogP contribution in [0, 0.1) is 6.92 Å². The zero-order valence-electron chi connectivity index (χ0n) is 17.7. The lowest BCUT2D eigenvalue weighted by molar-refractivity contribution is -0.133. The lowest BCUT2D eigenvalue weighted by Gasteiger charge is -2.10. The van der Waals surface area contributed by atoms with E-state index >= 15 is 0 Å². The van der Waals surface area contributed by atoms with E-state index < -0.39 is 11.9 Å². The number of carbonyl (C=O) groups is 2. The van der Waals surface area contributed by atoms with Crippen LogP contribution in [0.5, 0.6) is 0 Å². The van der Waals surface area contributed by atoms with Crippen LogP contribution in [0.25, 0.3) is 34.4 Å². The molecule has 0 fully saturated rings. The van der Waals surface area contributed by atoms with Crippen LogP contribution in [0.15, 0.2) is 77.9 Å². The predicted molar refractivity (Wildman–Crippen MR) is 125 cm³/mol. The van der Waals surface area contributed by atoms with E-state index in [9.17, 15) is 9.59 Å². The Labute approximate surface area is 181 Å². The van der Waals surface area contributed by atoms with Crippen molar-refractivity contribution in [3.63, 3.8) is 0 Å². The fourth-order valence-electron chi connectivity index (χ4n) is 3.32. The summed E-state index contributed by atoms with van der Waals surface area (Å²) in [6, 6.07) is 21.9. The molecule has 0 radical (unpaired) electrons. The first-order valence-corrected chi connectivity index (χ1v) is 9.89. The van der Waals surface area contributed by atoms with Gasteiger partial charge in [-0.3, -0.25) is 0 Å². The van der Waals surface area contributed by atoms with E-state index in [4.69, 9.17) is 10.2 Å². The maximum Gasteiger partial charge on any atom is 0.331 e. The Balaban J connectivity index is 1.83. The fourth-order valence-corrected chi connectivity index (χ4v) is 3.32. The van der Waals surface area contributed by atoms with Gasteiger partial charge in [0.05, 0.1) is 0 Å². The van der Waals surface area contributed by atoms with E-state index in [0.29, 0.717) is 11.1 Å². The van der Waals surface area contributed by atoms with Gasteiger partial charge in [-0.25, -0.2) is 9.59 Å². The second-order valence-corrected chi connectivity index (χ2v) is 7.54. The first-order chi connectivity index (χ1) is 14.7. The normalized spacial score (nSPS) is 12.0. The van der Waals surface area contributed by atoms with Crippen molar-refractivity contribution in [3.05, 3.63) is 94.6 Å². The molecule has 0 bridgehead atoms. The van der Waals surface area contributed by atoms with Crippen molar-refractivity contribution in [2.45, 2.75) is 20.8 Å². The Morgan fingerprint density at radius 2 is 1.06 bits per heavy atom. The second kappa shape index (κ2) is 9.26. The van der Waals surface area contributed by atoms with Gasteiger partial charge in [-0.05, 0) is 71.9 Å². The van der Waals surface area contributed by atoms with E-state index in [0.717, 1.165) is 38.9 Å². The molecule has 0 amide bonds. The van der Waals surface area contributed by atoms with Crippen molar-refractivity contribution in [1.82, 2.24) is 0 Å². The summed E-state index contributed by atoms with van der Waals surface area (Å²) in [5.41, 5.74) is 7.76. The highest BCUT2D eigenvalue weighted by molar-refractivity contribution is 5.92. The summed E-state index contributed by atoms with van der Waals surface area (Å²) in [4.78, 5) is 22.0. The molecule has 3 rings (SSSR count). The smallest absolute Gasteiger partial charge is 0.331 e. The number of benzene rings is 3. The lowest BCUT2D eigenvalue weighted by Crippen LogP contribution is -1.95. The van der Waals surface area contributed by atoms with E-state index in [-0.39, 0.29) is 0 Å². The average Bonchev–Trinajstić information content (AvgIpc) is 2.74. The monoisotopic (exact) mass is 412 g/mol. The summed E-state index contributed by atoms with van der Waals surface area (Å²) >= 11 is 0. The highest BCUT2D eigenvalue weighted by Gasteiger charge is 2.06. The molecule has 0 heterocycles. The van der Waals surface area contributed by atoms with Crippen molar-refractivity contribution in [2.24, 2.45) is 0 Å². The van der Waals surface area contributed by atoms with Gasteiger partial charge < -0.3 is 10.2 Å². The Hall–Kier alpha value is -3.92. The minimum absolute atomic E-state index is 0.299. The second-order valence-electron chi connectivity index (χ2n) is 7.54. The number of hydrogen-bond acceptors (Lipinski definition) is 2. The average molecular weight is 412 g/mol. The number of hydrogen-bond donors (Lipinski definition) is 2. The van der Waals surface area contributed by atoms with Crippen LogP contribution in [0.1, 0.15) is 30.5 Å². The van der Waals surface area contributed by atoms with Crippen LogP contribution in [0.2, 0.25) is 0 Å². The first kappa shape index (κ1) is 21.8. The number of aryl methyl sites for hydroxylation is 1. The topological polar surface area (TPSA) is 74.6 Å². The molecule has 0 saturated carbocycles. The van der Waals surface area contributed by atoms with E-state index in [2.05, 4.69) is 25.1 Å². The quantitative estimate of drug-likeness (QED) is 0.466. The molecule has 31 heavy (non-hydrogen) atoms. The van der Waals surface area contributed by atoms with Crippen LogP contribution >= 0.6 is 0 Å². The van der Waals surface area contributed by atoms with Crippen LogP contribution in [-0.4, -0.2) is 22.2 Å². The Kier molecular flexibility index (Phi) is 6.51. The molecule has 3 aromatic carbocycles. The number of aliphatic carboxylic acids is 2. The summed E-state index contributed by atoms with van der Waals surface area (Å²) < 4.78 is 0. The summed E-state index contributed by atoms with van der Waals surface area (Å²) in [6.07, 6.45) is 3.30. The SMILES string of the molecule is CC(=Cc1ccc(-c2ccc(-c3ccc(C=C(C)C(=O)O)cc3)c(C)c2)cc1)C(=O)O. The van der Waals surface area contributed by atoms with Crippen LogP contribution in [0.4, 0.5) is 0 Å². The fraction of sp³-hybridized carbons (Fsp3) is 0.111. The van der Waals surface area contributed by atoms with Crippen molar-refractivity contribution in [3.8, 4) is 22.3 Å². The van der Waals surface area contributed by atoms with Crippen molar-refractivity contribution >= 4 is 24.1 Å². The van der Waals surface area contributed by atoms with Crippen molar-refractivity contribution in [1.29, 1.82) is 0 Å². The number of carboxylic acids is 2. The van der Waals surface area contributed by atoms with Gasteiger partial charge in [-0.2, -0.15) is 0 Å². The predicted octanol–water partition coefficient (Wildman–Crippen LogP) is 6.30. The molecule has 2 N–H and O–H groups in total. The van der Waals surface area contributed by atoms with E-state index in [1.807, 2.05) is 48.5 Å². The molecule has 0 atom stereocenters.